The highest BCUT2D eigenvalue weighted by molar-refractivity contribution is 6.42. The van der Waals surface area contributed by atoms with Gasteiger partial charge in [0.2, 0.25) is 0 Å². The summed E-state index contributed by atoms with van der Waals surface area (Å²) in [6, 6.07) is 9.48. The molecule has 24 heavy (non-hydrogen) atoms. The molecular formula is C16H14Cl2FN3O2. The topological polar surface area (TPSA) is 70.2 Å². The fourth-order valence-electron chi connectivity index (χ4n) is 1.80. The minimum absolute atomic E-state index is 0.222. The first kappa shape index (κ1) is 18.0. The van der Waals surface area contributed by atoms with Crippen LogP contribution in [-0.2, 0) is 0 Å². The molecule has 0 unspecified atom stereocenters. The summed E-state index contributed by atoms with van der Waals surface area (Å²) in [5.74, 6) is -0.708. The Hall–Kier alpha value is -2.31. The quantitative estimate of drug-likeness (QED) is 0.703. The first-order valence-electron chi connectivity index (χ1n) is 6.99. The standard InChI is InChI=1S/C16H14Cl2FN3O2/c17-13-6-1-10(9-14(13)18)15(23)20-7-8-21-16(24)22-12-4-2-11(19)3-5-12/h1-6,9H,7-8H2,(H,20,23)(H2,21,22,24). The van der Waals surface area contributed by atoms with E-state index >= 15 is 0 Å². The minimum Gasteiger partial charge on any atom is -0.350 e. The Morgan fingerprint density at radius 2 is 1.58 bits per heavy atom. The van der Waals surface area contributed by atoms with E-state index in [-0.39, 0.29) is 24.8 Å². The van der Waals surface area contributed by atoms with Crippen LogP contribution in [0.15, 0.2) is 42.5 Å². The molecule has 3 N–H and O–H groups in total. The molecule has 2 rings (SSSR count). The highest BCUT2D eigenvalue weighted by atomic mass is 35.5. The van der Waals surface area contributed by atoms with Crippen molar-refractivity contribution in [1.29, 1.82) is 0 Å². The lowest BCUT2D eigenvalue weighted by molar-refractivity contribution is 0.0954. The van der Waals surface area contributed by atoms with Crippen LogP contribution in [0.4, 0.5) is 14.9 Å². The molecule has 2 aromatic carbocycles. The van der Waals surface area contributed by atoms with Crippen molar-refractivity contribution in [2.45, 2.75) is 0 Å². The monoisotopic (exact) mass is 369 g/mol. The lowest BCUT2D eigenvalue weighted by atomic mass is 10.2. The second-order valence-corrected chi connectivity index (χ2v) is 5.59. The molecule has 0 aromatic heterocycles. The summed E-state index contributed by atoms with van der Waals surface area (Å²) in [5, 5.41) is 8.41. The van der Waals surface area contributed by atoms with E-state index in [4.69, 9.17) is 23.2 Å². The molecule has 0 bridgehead atoms. The van der Waals surface area contributed by atoms with Crippen molar-refractivity contribution in [1.82, 2.24) is 10.6 Å². The van der Waals surface area contributed by atoms with Crippen LogP contribution in [0.1, 0.15) is 10.4 Å². The van der Waals surface area contributed by atoms with Gasteiger partial charge in [-0.1, -0.05) is 23.2 Å². The number of benzene rings is 2. The molecule has 0 saturated carbocycles. The van der Waals surface area contributed by atoms with Gasteiger partial charge in [0, 0.05) is 24.3 Å². The van der Waals surface area contributed by atoms with E-state index in [0.29, 0.717) is 21.3 Å². The molecule has 0 fully saturated rings. The number of rotatable bonds is 5. The Kier molecular flexibility index (Phi) is 6.40. The Morgan fingerprint density at radius 1 is 0.917 bits per heavy atom. The third kappa shape index (κ3) is 5.40. The summed E-state index contributed by atoms with van der Waals surface area (Å²) in [5.41, 5.74) is 0.842. The number of anilines is 1. The third-order valence-electron chi connectivity index (χ3n) is 2.98. The molecule has 0 atom stereocenters. The Balaban J connectivity index is 1.72. The molecule has 0 saturated heterocycles. The van der Waals surface area contributed by atoms with Gasteiger partial charge in [-0.05, 0) is 42.5 Å². The second kappa shape index (κ2) is 8.52. The van der Waals surface area contributed by atoms with Gasteiger partial charge in [-0.3, -0.25) is 4.79 Å². The van der Waals surface area contributed by atoms with E-state index < -0.39 is 6.03 Å². The Morgan fingerprint density at radius 3 is 2.25 bits per heavy atom. The predicted molar refractivity (Wildman–Crippen MR) is 92.2 cm³/mol. The van der Waals surface area contributed by atoms with Gasteiger partial charge in [-0.25, -0.2) is 9.18 Å². The Labute approximate surface area is 148 Å². The van der Waals surface area contributed by atoms with Crippen LogP contribution in [0.2, 0.25) is 10.0 Å². The second-order valence-electron chi connectivity index (χ2n) is 4.77. The van der Waals surface area contributed by atoms with E-state index in [1.165, 1.54) is 36.4 Å². The van der Waals surface area contributed by atoms with Crippen molar-refractivity contribution in [3.8, 4) is 0 Å². The van der Waals surface area contributed by atoms with Crippen molar-refractivity contribution in [2.75, 3.05) is 18.4 Å². The van der Waals surface area contributed by atoms with Crippen LogP contribution in [0, 0.1) is 5.82 Å². The Bertz CT molecular complexity index is 739. The minimum atomic E-state index is -0.453. The summed E-state index contributed by atoms with van der Waals surface area (Å²) < 4.78 is 12.8. The third-order valence-corrected chi connectivity index (χ3v) is 3.72. The van der Waals surface area contributed by atoms with Crippen molar-refractivity contribution in [3.05, 3.63) is 63.9 Å². The first-order chi connectivity index (χ1) is 11.5. The molecule has 8 heteroatoms. The van der Waals surface area contributed by atoms with E-state index in [0.717, 1.165) is 0 Å². The van der Waals surface area contributed by atoms with Gasteiger partial charge in [0.1, 0.15) is 5.82 Å². The van der Waals surface area contributed by atoms with Crippen LogP contribution in [0.3, 0.4) is 0 Å². The van der Waals surface area contributed by atoms with Gasteiger partial charge in [0.25, 0.3) is 5.91 Å². The van der Waals surface area contributed by atoms with Crippen LogP contribution in [-0.4, -0.2) is 25.0 Å². The zero-order valence-electron chi connectivity index (χ0n) is 12.4. The molecular weight excluding hydrogens is 356 g/mol. The summed E-state index contributed by atoms with van der Waals surface area (Å²) in [7, 11) is 0. The number of carbonyl (C=O) groups excluding carboxylic acids is 2. The molecule has 2 aromatic rings. The summed E-state index contributed by atoms with van der Waals surface area (Å²) in [6.45, 7) is 0.454. The summed E-state index contributed by atoms with van der Waals surface area (Å²) in [6.07, 6.45) is 0. The number of carbonyl (C=O) groups is 2. The van der Waals surface area contributed by atoms with Crippen molar-refractivity contribution >= 4 is 40.8 Å². The van der Waals surface area contributed by atoms with Crippen LogP contribution in [0.5, 0.6) is 0 Å². The van der Waals surface area contributed by atoms with E-state index in [2.05, 4.69) is 16.0 Å². The maximum atomic E-state index is 12.8. The van der Waals surface area contributed by atoms with Crippen LogP contribution < -0.4 is 16.0 Å². The van der Waals surface area contributed by atoms with Gasteiger partial charge in [-0.2, -0.15) is 0 Å². The average Bonchev–Trinajstić information content (AvgIpc) is 2.56. The van der Waals surface area contributed by atoms with Crippen LogP contribution in [0.25, 0.3) is 0 Å². The molecule has 0 heterocycles. The zero-order chi connectivity index (χ0) is 17.5. The highest BCUT2D eigenvalue weighted by Crippen LogP contribution is 2.22. The molecule has 0 aliphatic carbocycles. The largest absolute Gasteiger partial charge is 0.350 e. The normalized spacial score (nSPS) is 10.1. The van der Waals surface area contributed by atoms with Crippen molar-refractivity contribution < 1.29 is 14.0 Å². The number of nitrogens with one attached hydrogen (secondary N) is 3. The smallest absolute Gasteiger partial charge is 0.319 e. The number of hydrogen-bond acceptors (Lipinski definition) is 2. The summed E-state index contributed by atoms with van der Waals surface area (Å²) >= 11 is 11.6. The highest BCUT2D eigenvalue weighted by Gasteiger charge is 2.08. The SMILES string of the molecule is O=C(NCCNC(=O)c1ccc(Cl)c(Cl)c1)Nc1ccc(F)cc1. The van der Waals surface area contributed by atoms with E-state index in [1.54, 1.807) is 6.07 Å². The van der Waals surface area contributed by atoms with Gasteiger partial charge >= 0.3 is 6.03 Å². The maximum Gasteiger partial charge on any atom is 0.319 e. The predicted octanol–water partition coefficient (Wildman–Crippen LogP) is 3.68. The van der Waals surface area contributed by atoms with E-state index in [1.807, 2.05) is 0 Å². The summed E-state index contributed by atoms with van der Waals surface area (Å²) in [4.78, 5) is 23.5. The molecule has 0 spiro atoms. The molecule has 0 aliphatic heterocycles. The molecule has 3 amide bonds. The van der Waals surface area contributed by atoms with Crippen molar-refractivity contribution in [3.63, 3.8) is 0 Å². The first-order valence-corrected chi connectivity index (χ1v) is 7.75. The molecule has 0 aliphatic rings. The maximum absolute atomic E-state index is 12.8. The molecule has 126 valence electrons. The number of halogens is 3. The fourth-order valence-corrected chi connectivity index (χ4v) is 2.10. The van der Waals surface area contributed by atoms with Crippen molar-refractivity contribution in [2.24, 2.45) is 0 Å². The lowest BCUT2D eigenvalue weighted by Gasteiger charge is -2.09. The average molecular weight is 370 g/mol. The number of hydrogen-bond donors (Lipinski definition) is 3. The lowest BCUT2D eigenvalue weighted by Crippen LogP contribution is -2.36. The molecule has 0 radical (unpaired) electrons. The fraction of sp³-hybridized carbons (Fsp3) is 0.125. The zero-order valence-corrected chi connectivity index (χ0v) is 13.9. The van der Waals surface area contributed by atoms with E-state index in [9.17, 15) is 14.0 Å². The number of amides is 3. The molecule has 5 nitrogen and oxygen atoms in total. The van der Waals surface area contributed by atoms with Gasteiger partial charge in [-0.15, -0.1) is 0 Å². The van der Waals surface area contributed by atoms with Gasteiger partial charge in [0.05, 0.1) is 10.0 Å². The van der Waals surface area contributed by atoms with Gasteiger partial charge in [0.15, 0.2) is 0 Å². The number of urea groups is 1. The van der Waals surface area contributed by atoms with Crippen LogP contribution >= 0.6 is 23.2 Å². The van der Waals surface area contributed by atoms with Gasteiger partial charge < -0.3 is 16.0 Å².